The number of pyridine rings is 1. The first-order valence-electron chi connectivity index (χ1n) is 9.50. The van der Waals surface area contributed by atoms with E-state index in [1.165, 1.54) is 0 Å². The number of amides is 1. The number of methoxy groups -OCH3 is 1. The summed E-state index contributed by atoms with van der Waals surface area (Å²) in [6.45, 7) is 4.47. The van der Waals surface area contributed by atoms with Crippen LogP contribution in [-0.2, 0) is 11.2 Å². The molecule has 1 unspecified atom stereocenters. The molecule has 5 nitrogen and oxygen atoms in total. The number of fused-ring (bicyclic) bond motifs is 1. The lowest BCUT2D eigenvalue weighted by Crippen LogP contribution is -2.28. The third-order valence-electron chi connectivity index (χ3n) is 5.07. The molecule has 0 saturated heterocycles. The van der Waals surface area contributed by atoms with Crippen LogP contribution in [0.1, 0.15) is 36.0 Å². The zero-order valence-corrected chi connectivity index (χ0v) is 16.5. The van der Waals surface area contributed by atoms with Gasteiger partial charge in [-0.25, -0.2) is 0 Å². The van der Waals surface area contributed by atoms with Crippen LogP contribution in [0.3, 0.4) is 0 Å². The van der Waals surface area contributed by atoms with Gasteiger partial charge in [-0.3, -0.25) is 9.59 Å². The van der Waals surface area contributed by atoms with Crippen molar-refractivity contribution in [2.24, 2.45) is 0 Å². The maximum Gasteiger partial charge on any atom is 0.251 e. The van der Waals surface area contributed by atoms with E-state index in [-0.39, 0.29) is 17.4 Å². The predicted octanol–water partition coefficient (Wildman–Crippen LogP) is 3.70. The van der Waals surface area contributed by atoms with Crippen molar-refractivity contribution in [3.63, 3.8) is 0 Å². The normalized spacial score (nSPS) is 12.0. The Morgan fingerprint density at radius 2 is 1.93 bits per heavy atom. The minimum Gasteiger partial charge on any atom is -0.495 e. The average Bonchev–Trinajstić information content (AvgIpc) is 2.70. The number of nitrogens with one attached hydrogen (secondary N) is 2. The molecule has 2 N–H and O–H groups in total. The second-order valence-corrected chi connectivity index (χ2v) is 7.11. The lowest BCUT2D eigenvalue weighted by Gasteiger charge is -2.12. The van der Waals surface area contributed by atoms with E-state index in [9.17, 15) is 9.59 Å². The maximum absolute atomic E-state index is 12.4. The Morgan fingerprint density at radius 1 is 1.18 bits per heavy atom. The standard InChI is InChI=1S/C23H26N2O3/c1-15-9-10-20(28-3)22-19(15)14-18(23(27)25-22)11-12-24-21(26)13-16(2)17-7-5-4-6-8-17/h4-10,14,16H,11-13H2,1-3H3,(H,24,26)(H,25,27). The molecule has 1 amide bonds. The van der Waals surface area contributed by atoms with Crippen LogP contribution in [0, 0.1) is 6.92 Å². The second kappa shape index (κ2) is 8.74. The Kier molecular flexibility index (Phi) is 6.14. The molecule has 0 radical (unpaired) electrons. The summed E-state index contributed by atoms with van der Waals surface area (Å²) in [5.74, 6) is 0.791. The van der Waals surface area contributed by atoms with Gasteiger partial charge in [-0.2, -0.15) is 0 Å². The van der Waals surface area contributed by atoms with Crippen molar-refractivity contribution in [1.29, 1.82) is 0 Å². The van der Waals surface area contributed by atoms with Gasteiger partial charge in [0.05, 0.1) is 12.6 Å². The topological polar surface area (TPSA) is 71.2 Å². The number of ether oxygens (including phenoxy) is 1. The third kappa shape index (κ3) is 4.42. The molecule has 28 heavy (non-hydrogen) atoms. The van der Waals surface area contributed by atoms with Crippen LogP contribution < -0.4 is 15.6 Å². The van der Waals surface area contributed by atoms with Crippen LogP contribution in [0.25, 0.3) is 10.9 Å². The molecule has 0 aliphatic carbocycles. The van der Waals surface area contributed by atoms with Gasteiger partial charge in [0, 0.05) is 23.9 Å². The Balaban J connectivity index is 1.64. The van der Waals surface area contributed by atoms with E-state index < -0.39 is 0 Å². The van der Waals surface area contributed by atoms with E-state index in [1.807, 2.05) is 62.4 Å². The minimum atomic E-state index is -0.150. The number of aryl methyl sites for hydroxylation is 1. The van der Waals surface area contributed by atoms with Gasteiger partial charge < -0.3 is 15.0 Å². The van der Waals surface area contributed by atoms with Crippen molar-refractivity contribution in [2.75, 3.05) is 13.7 Å². The van der Waals surface area contributed by atoms with Gasteiger partial charge in [-0.15, -0.1) is 0 Å². The summed E-state index contributed by atoms with van der Waals surface area (Å²) in [5.41, 5.74) is 3.42. The first-order chi connectivity index (χ1) is 13.5. The fourth-order valence-corrected chi connectivity index (χ4v) is 3.39. The molecule has 0 spiro atoms. The molecule has 0 fully saturated rings. The number of aromatic amines is 1. The number of benzene rings is 2. The van der Waals surface area contributed by atoms with Crippen molar-refractivity contribution in [2.45, 2.75) is 32.6 Å². The van der Waals surface area contributed by atoms with Gasteiger partial charge in [0.2, 0.25) is 5.91 Å². The third-order valence-corrected chi connectivity index (χ3v) is 5.07. The van der Waals surface area contributed by atoms with Gasteiger partial charge >= 0.3 is 0 Å². The van der Waals surface area contributed by atoms with Crippen LogP contribution in [0.4, 0.5) is 0 Å². The molecule has 1 aromatic heterocycles. The molecule has 0 saturated carbocycles. The fraction of sp³-hybridized carbons (Fsp3) is 0.304. The molecule has 3 aromatic rings. The van der Waals surface area contributed by atoms with Crippen LogP contribution in [0.2, 0.25) is 0 Å². The first kappa shape index (κ1) is 19.7. The summed E-state index contributed by atoms with van der Waals surface area (Å²) in [4.78, 5) is 27.6. The number of carbonyl (C=O) groups is 1. The number of aromatic nitrogens is 1. The zero-order valence-electron chi connectivity index (χ0n) is 16.5. The summed E-state index contributed by atoms with van der Waals surface area (Å²) >= 11 is 0. The largest absolute Gasteiger partial charge is 0.495 e. The highest BCUT2D eigenvalue weighted by atomic mass is 16.5. The number of H-pyrrole nitrogens is 1. The van der Waals surface area contributed by atoms with Crippen LogP contribution in [0.15, 0.2) is 53.3 Å². The first-order valence-corrected chi connectivity index (χ1v) is 9.50. The van der Waals surface area contributed by atoms with E-state index in [1.54, 1.807) is 7.11 Å². The molecule has 1 heterocycles. The fourth-order valence-electron chi connectivity index (χ4n) is 3.39. The monoisotopic (exact) mass is 378 g/mol. The van der Waals surface area contributed by atoms with Crippen LogP contribution >= 0.6 is 0 Å². The lowest BCUT2D eigenvalue weighted by atomic mass is 9.97. The molecule has 2 aromatic carbocycles. The SMILES string of the molecule is COc1ccc(C)c2cc(CCNC(=O)CC(C)c3ccccc3)c(=O)[nH]c12. The lowest BCUT2D eigenvalue weighted by molar-refractivity contribution is -0.121. The zero-order chi connectivity index (χ0) is 20.1. The van der Waals surface area contributed by atoms with Crippen molar-refractivity contribution >= 4 is 16.8 Å². The highest BCUT2D eigenvalue weighted by molar-refractivity contribution is 5.87. The minimum absolute atomic E-state index is 0.00794. The highest BCUT2D eigenvalue weighted by Crippen LogP contribution is 2.25. The summed E-state index contributed by atoms with van der Waals surface area (Å²) < 4.78 is 5.34. The van der Waals surface area contributed by atoms with Gasteiger partial charge in [-0.1, -0.05) is 43.3 Å². The van der Waals surface area contributed by atoms with E-state index >= 15 is 0 Å². The van der Waals surface area contributed by atoms with Gasteiger partial charge in [0.15, 0.2) is 0 Å². The van der Waals surface area contributed by atoms with Gasteiger partial charge in [0.1, 0.15) is 5.75 Å². The van der Waals surface area contributed by atoms with Crippen LogP contribution in [0.5, 0.6) is 5.75 Å². The summed E-state index contributed by atoms with van der Waals surface area (Å²) in [5, 5.41) is 3.88. The Bertz CT molecular complexity index is 1030. The maximum atomic E-state index is 12.4. The molecule has 146 valence electrons. The van der Waals surface area contributed by atoms with Crippen molar-refractivity contribution < 1.29 is 9.53 Å². The second-order valence-electron chi connectivity index (χ2n) is 7.11. The van der Waals surface area contributed by atoms with Crippen molar-refractivity contribution in [3.8, 4) is 5.75 Å². The predicted molar refractivity (Wildman–Crippen MR) is 112 cm³/mol. The molecule has 0 aliphatic rings. The number of hydrogen-bond donors (Lipinski definition) is 2. The van der Waals surface area contributed by atoms with Gasteiger partial charge in [0.25, 0.3) is 5.56 Å². The molecular weight excluding hydrogens is 352 g/mol. The summed E-state index contributed by atoms with van der Waals surface area (Å²) in [6.07, 6.45) is 0.905. The molecule has 1 atom stereocenters. The van der Waals surface area contributed by atoms with E-state index in [0.29, 0.717) is 36.2 Å². The van der Waals surface area contributed by atoms with E-state index in [2.05, 4.69) is 10.3 Å². The number of carbonyl (C=O) groups excluding carboxylic acids is 1. The molecular formula is C23H26N2O3. The molecule has 0 aliphatic heterocycles. The molecule has 0 bridgehead atoms. The molecule has 3 rings (SSSR count). The number of hydrogen-bond acceptors (Lipinski definition) is 3. The smallest absolute Gasteiger partial charge is 0.251 e. The summed E-state index contributed by atoms with van der Waals surface area (Å²) in [6, 6.07) is 15.7. The average molecular weight is 378 g/mol. The Labute approximate surface area is 164 Å². The quantitative estimate of drug-likeness (QED) is 0.659. The van der Waals surface area contributed by atoms with E-state index in [4.69, 9.17) is 4.74 Å². The van der Waals surface area contributed by atoms with Crippen molar-refractivity contribution in [1.82, 2.24) is 10.3 Å². The number of rotatable bonds is 7. The van der Waals surface area contributed by atoms with Crippen molar-refractivity contribution in [3.05, 3.63) is 75.6 Å². The Hall–Kier alpha value is -3.08. The molecule has 5 heteroatoms. The highest BCUT2D eigenvalue weighted by Gasteiger charge is 2.12. The Morgan fingerprint density at radius 3 is 2.64 bits per heavy atom. The van der Waals surface area contributed by atoms with Gasteiger partial charge in [-0.05, 0) is 42.5 Å². The van der Waals surface area contributed by atoms with Crippen LogP contribution in [-0.4, -0.2) is 24.5 Å². The summed E-state index contributed by atoms with van der Waals surface area (Å²) in [7, 11) is 1.59. The van der Waals surface area contributed by atoms with E-state index in [0.717, 1.165) is 16.5 Å².